The van der Waals surface area contributed by atoms with Gasteiger partial charge in [-0.05, 0) is 18.1 Å². The predicted molar refractivity (Wildman–Crippen MR) is 70.1 cm³/mol. The van der Waals surface area contributed by atoms with E-state index >= 15 is 0 Å². The van der Waals surface area contributed by atoms with Crippen molar-refractivity contribution in [1.29, 1.82) is 0 Å². The molecule has 0 aliphatic rings. The number of carbonyl (C=O) groups excluding carboxylic acids is 1. The first kappa shape index (κ1) is 12.9. The molecular weight excluding hydrogens is 246 g/mol. The molecule has 19 heavy (non-hydrogen) atoms. The summed E-state index contributed by atoms with van der Waals surface area (Å²) in [6.07, 6.45) is 4.24. The number of pyridine rings is 1. The zero-order valence-electron chi connectivity index (χ0n) is 10.5. The van der Waals surface area contributed by atoms with Crippen molar-refractivity contribution >= 4 is 11.8 Å². The molecule has 0 fully saturated rings. The number of ether oxygens (including phenoxy) is 1. The van der Waals surface area contributed by atoms with Crippen LogP contribution < -0.4 is 15.4 Å². The summed E-state index contributed by atoms with van der Waals surface area (Å²) in [7, 11) is 1.52. The van der Waals surface area contributed by atoms with Gasteiger partial charge >= 0.3 is 6.03 Å². The van der Waals surface area contributed by atoms with E-state index in [9.17, 15) is 4.79 Å². The lowest BCUT2D eigenvalue weighted by Crippen LogP contribution is -2.30. The zero-order chi connectivity index (χ0) is 13.5. The molecular formula is C12H15N5O2. The van der Waals surface area contributed by atoms with Gasteiger partial charge in [0.2, 0.25) is 5.88 Å². The minimum absolute atomic E-state index is 0.302. The number of aromatic nitrogens is 3. The van der Waals surface area contributed by atoms with Gasteiger partial charge < -0.3 is 10.1 Å². The highest BCUT2D eigenvalue weighted by Crippen LogP contribution is 2.10. The summed E-state index contributed by atoms with van der Waals surface area (Å²) in [5.41, 5.74) is 1.04. The second kappa shape index (κ2) is 6.39. The third-order valence-corrected chi connectivity index (χ3v) is 2.43. The number of amides is 2. The van der Waals surface area contributed by atoms with Crippen molar-refractivity contribution in [2.75, 3.05) is 19.0 Å². The smallest absolute Gasteiger partial charge is 0.320 e. The van der Waals surface area contributed by atoms with Crippen molar-refractivity contribution in [3.8, 4) is 5.88 Å². The van der Waals surface area contributed by atoms with Crippen LogP contribution in [0.2, 0.25) is 0 Å². The van der Waals surface area contributed by atoms with Gasteiger partial charge in [0.05, 0.1) is 13.3 Å². The third-order valence-electron chi connectivity index (χ3n) is 2.43. The van der Waals surface area contributed by atoms with E-state index in [1.165, 1.54) is 7.11 Å². The predicted octanol–water partition coefficient (Wildman–Crippen LogP) is 1.18. The van der Waals surface area contributed by atoms with Crippen molar-refractivity contribution in [2.45, 2.75) is 6.42 Å². The second-order valence-electron chi connectivity index (χ2n) is 3.80. The summed E-state index contributed by atoms with van der Waals surface area (Å²) in [6, 6.07) is 4.86. The van der Waals surface area contributed by atoms with Crippen LogP contribution in [0, 0.1) is 0 Å². The van der Waals surface area contributed by atoms with E-state index in [0.29, 0.717) is 18.2 Å². The first-order chi connectivity index (χ1) is 9.28. The van der Waals surface area contributed by atoms with Crippen molar-refractivity contribution in [3.63, 3.8) is 0 Å². The molecule has 0 aromatic carbocycles. The van der Waals surface area contributed by atoms with Gasteiger partial charge in [0.1, 0.15) is 5.82 Å². The molecule has 2 rings (SSSR count). The van der Waals surface area contributed by atoms with E-state index in [2.05, 4.69) is 25.8 Å². The second-order valence-corrected chi connectivity index (χ2v) is 3.80. The number of carbonyl (C=O) groups is 1. The number of rotatable bonds is 5. The number of methoxy groups -OCH3 is 1. The minimum Gasteiger partial charge on any atom is -0.481 e. The molecule has 7 nitrogen and oxygen atoms in total. The number of urea groups is 1. The lowest BCUT2D eigenvalue weighted by atomic mass is 10.2. The molecule has 7 heteroatoms. The Bertz CT molecular complexity index is 527. The number of anilines is 1. The largest absolute Gasteiger partial charge is 0.481 e. The van der Waals surface area contributed by atoms with Gasteiger partial charge in [0, 0.05) is 18.8 Å². The highest BCUT2D eigenvalue weighted by atomic mass is 16.5. The average molecular weight is 261 g/mol. The molecule has 3 N–H and O–H groups in total. The molecule has 0 aliphatic carbocycles. The molecule has 0 saturated heterocycles. The van der Waals surface area contributed by atoms with E-state index in [4.69, 9.17) is 4.74 Å². The van der Waals surface area contributed by atoms with E-state index in [0.717, 1.165) is 12.0 Å². The van der Waals surface area contributed by atoms with Crippen molar-refractivity contribution < 1.29 is 9.53 Å². The van der Waals surface area contributed by atoms with Crippen LogP contribution in [-0.2, 0) is 6.42 Å². The third kappa shape index (κ3) is 3.98. The van der Waals surface area contributed by atoms with Gasteiger partial charge in [-0.15, -0.1) is 0 Å². The highest BCUT2D eigenvalue weighted by Gasteiger charge is 2.03. The number of hydrogen-bond acceptors (Lipinski definition) is 4. The molecule has 0 radical (unpaired) electrons. The monoisotopic (exact) mass is 261 g/mol. The van der Waals surface area contributed by atoms with Gasteiger partial charge in [0.15, 0.2) is 0 Å². The van der Waals surface area contributed by atoms with Crippen LogP contribution in [0.3, 0.4) is 0 Å². The molecule has 2 heterocycles. The summed E-state index contributed by atoms with van der Waals surface area (Å²) in [5, 5.41) is 11.9. The van der Waals surface area contributed by atoms with Crippen LogP contribution in [0.5, 0.6) is 5.88 Å². The van der Waals surface area contributed by atoms with Gasteiger partial charge in [0.25, 0.3) is 0 Å². The minimum atomic E-state index is -0.302. The van der Waals surface area contributed by atoms with Crippen molar-refractivity contribution in [2.24, 2.45) is 0 Å². The molecule has 2 aromatic rings. The molecule has 0 aliphatic heterocycles. The normalized spacial score (nSPS) is 9.95. The maximum atomic E-state index is 11.6. The van der Waals surface area contributed by atoms with E-state index < -0.39 is 0 Å². The fourth-order valence-electron chi connectivity index (χ4n) is 1.49. The number of nitrogens with one attached hydrogen (secondary N) is 3. The first-order valence-corrected chi connectivity index (χ1v) is 5.81. The van der Waals surface area contributed by atoms with Gasteiger partial charge in [-0.2, -0.15) is 10.1 Å². The van der Waals surface area contributed by atoms with Gasteiger partial charge in [-0.1, -0.05) is 6.07 Å². The summed E-state index contributed by atoms with van der Waals surface area (Å²) in [6.45, 7) is 0.523. The van der Waals surface area contributed by atoms with Crippen LogP contribution >= 0.6 is 0 Å². The topological polar surface area (TPSA) is 91.9 Å². The molecule has 0 bridgehead atoms. The number of H-pyrrole nitrogens is 1. The maximum Gasteiger partial charge on any atom is 0.320 e. The quantitative estimate of drug-likeness (QED) is 0.753. The Hall–Kier alpha value is -2.57. The van der Waals surface area contributed by atoms with E-state index in [1.54, 1.807) is 30.6 Å². The van der Waals surface area contributed by atoms with Crippen molar-refractivity contribution in [3.05, 3.63) is 36.2 Å². The fourth-order valence-corrected chi connectivity index (χ4v) is 1.49. The number of nitrogens with zero attached hydrogens (tertiary/aromatic N) is 2. The Labute approximate surface area is 110 Å². The Kier molecular flexibility index (Phi) is 4.33. The van der Waals surface area contributed by atoms with Crippen LogP contribution in [0.1, 0.15) is 5.56 Å². The standard InChI is InChI=1S/C12H15N5O2/c1-19-11-4-2-3-10(16-11)17-12(18)13-6-5-9-7-14-15-8-9/h2-4,7-8H,5-6H2,1H3,(H,14,15)(H2,13,16,17,18). The Balaban J connectivity index is 1.77. The fraction of sp³-hybridized carbons (Fsp3) is 0.250. The molecule has 0 unspecified atom stereocenters. The molecule has 2 aromatic heterocycles. The SMILES string of the molecule is COc1cccc(NC(=O)NCCc2cn[nH]c2)n1. The number of aromatic amines is 1. The summed E-state index contributed by atoms with van der Waals surface area (Å²) < 4.78 is 4.97. The Morgan fingerprint density at radius 3 is 3.11 bits per heavy atom. The first-order valence-electron chi connectivity index (χ1n) is 5.81. The Morgan fingerprint density at radius 1 is 1.47 bits per heavy atom. The summed E-state index contributed by atoms with van der Waals surface area (Å²) in [5.74, 6) is 0.899. The van der Waals surface area contributed by atoms with Crippen molar-refractivity contribution in [1.82, 2.24) is 20.5 Å². The van der Waals surface area contributed by atoms with E-state index in [1.807, 2.05) is 0 Å². The maximum absolute atomic E-state index is 11.6. The van der Waals surface area contributed by atoms with Gasteiger partial charge in [-0.25, -0.2) is 4.79 Å². The van der Waals surface area contributed by atoms with Crippen LogP contribution in [0.15, 0.2) is 30.6 Å². The molecule has 0 spiro atoms. The molecule has 0 atom stereocenters. The van der Waals surface area contributed by atoms with Crippen LogP contribution in [-0.4, -0.2) is 34.9 Å². The van der Waals surface area contributed by atoms with Crippen LogP contribution in [0.4, 0.5) is 10.6 Å². The number of hydrogen-bond donors (Lipinski definition) is 3. The Morgan fingerprint density at radius 2 is 2.37 bits per heavy atom. The lowest BCUT2D eigenvalue weighted by molar-refractivity contribution is 0.252. The average Bonchev–Trinajstić information content (AvgIpc) is 2.92. The van der Waals surface area contributed by atoms with Gasteiger partial charge in [-0.3, -0.25) is 10.4 Å². The zero-order valence-corrected chi connectivity index (χ0v) is 10.5. The van der Waals surface area contributed by atoms with Crippen LogP contribution in [0.25, 0.3) is 0 Å². The summed E-state index contributed by atoms with van der Waals surface area (Å²) >= 11 is 0. The summed E-state index contributed by atoms with van der Waals surface area (Å²) in [4.78, 5) is 15.7. The lowest BCUT2D eigenvalue weighted by Gasteiger charge is -2.07. The van der Waals surface area contributed by atoms with E-state index in [-0.39, 0.29) is 6.03 Å². The molecule has 100 valence electrons. The molecule has 2 amide bonds. The molecule has 0 saturated carbocycles. The highest BCUT2D eigenvalue weighted by molar-refractivity contribution is 5.88.